The quantitative estimate of drug-likeness (QED) is 0.669. The number of carbonyl (C=O) groups is 1. The summed E-state index contributed by atoms with van der Waals surface area (Å²) in [6, 6.07) is 4.79. The van der Waals surface area contributed by atoms with E-state index in [1.807, 2.05) is 27.7 Å². The van der Waals surface area contributed by atoms with Crippen molar-refractivity contribution < 1.29 is 9.53 Å². The van der Waals surface area contributed by atoms with Crippen molar-refractivity contribution in [2.24, 2.45) is 11.8 Å². The molecule has 0 unspecified atom stereocenters. The van der Waals surface area contributed by atoms with Crippen LogP contribution >= 0.6 is 11.6 Å². The van der Waals surface area contributed by atoms with Gasteiger partial charge in [-0.3, -0.25) is 0 Å². The van der Waals surface area contributed by atoms with E-state index in [1.165, 1.54) is 0 Å². The fourth-order valence-corrected chi connectivity index (χ4v) is 2.19. The lowest BCUT2D eigenvalue weighted by Crippen LogP contribution is -2.28. The summed E-state index contributed by atoms with van der Waals surface area (Å²) in [6.07, 6.45) is -0.119. The van der Waals surface area contributed by atoms with E-state index in [0.29, 0.717) is 16.3 Å². The van der Waals surface area contributed by atoms with Crippen LogP contribution in [0.5, 0.6) is 0 Å². The molecule has 0 fully saturated rings. The van der Waals surface area contributed by atoms with Gasteiger partial charge in [-0.15, -0.1) is 0 Å². The molecule has 0 radical (unpaired) electrons. The van der Waals surface area contributed by atoms with Crippen LogP contribution < -0.4 is 5.73 Å². The van der Waals surface area contributed by atoms with Crippen molar-refractivity contribution in [2.75, 3.05) is 5.73 Å². The molecule has 0 amide bonds. The number of nitrogens with two attached hydrogens (primary N) is 1. The highest BCUT2D eigenvalue weighted by molar-refractivity contribution is 6.33. The molecule has 100 valence electrons. The number of carbonyl (C=O) groups excluding carboxylic acids is 1. The first kappa shape index (κ1) is 14.8. The third-order valence-electron chi connectivity index (χ3n) is 2.77. The standard InChI is InChI=1S/C14H20ClNO2/c1-8(2)13(9(3)4)18-14(17)11-6-5-10(16)7-12(11)15/h5-9,13H,16H2,1-4H3. The molecule has 4 heteroatoms. The normalized spacial score (nSPS) is 11.3. The summed E-state index contributed by atoms with van der Waals surface area (Å²) in [5.41, 5.74) is 6.48. The van der Waals surface area contributed by atoms with E-state index >= 15 is 0 Å². The number of nitrogen functional groups attached to an aromatic ring is 1. The smallest absolute Gasteiger partial charge is 0.339 e. The Hall–Kier alpha value is -1.22. The van der Waals surface area contributed by atoms with Crippen molar-refractivity contribution in [3.05, 3.63) is 28.8 Å². The summed E-state index contributed by atoms with van der Waals surface area (Å²) in [4.78, 5) is 12.0. The van der Waals surface area contributed by atoms with Crippen LogP contribution in [-0.2, 0) is 4.74 Å². The fraction of sp³-hybridized carbons (Fsp3) is 0.500. The van der Waals surface area contributed by atoms with Gasteiger partial charge in [-0.05, 0) is 30.0 Å². The lowest BCUT2D eigenvalue weighted by Gasteiger charge is -2.25. The molecule has 0 saturated heterocycles. The van der Waals surface area contributed by atoms with Crippen LogP contribution in [0.1, 0.15) is 38.1 Å². The van der Waals surface area contributed by atoms with Crippen LogP contribution in [0.4, 0.5) is 5.69 Å². The molecular formula is C14H20ClNO2. The Bertz CT molecular complexity index is 422. The van der Waals surface area contributed by atoms with Crippen molar-refractivity contribution in [3.8, 4) is 0 Å². The summed E-state index contributed by atoms with van der Waals surface area (Å²) in [7, 11) is 0. The number of ether oxygens (including phenoxy) is 1. The molecule has 0 bridgehead atoms. The summed E-state index contributed by atoms with van der Waals surface area (Å²) in [5.74, 6) is 0.135. The van der Waals surface area contributed by atoms with E-state index in [0.717, 1.165) is 0 Å². The predicted molar refractivity (Wildman–Crippen MR) is 74.7 cm³/mol. The van der Waals surface area contributed by atoms with Gasteiger partial charge in [0.05, 0.1) is 10.6 Å². The van der Waals surface area contributed by atoms with Crippen LogP contribution in [0.2, 0.25) is 5.02 Å². The van der Waals surface area contributed by atoms with E-state index in [1.54, 1.807) is 18.2 Å². The second-order valence-corrected chi connectivity index (χ2v) is 5.50. The van der Waals surface area contributed by atoms with Gasteiger partial charge >= 0.3 is 5.97 Å². The first-order valence-electron chi connectivity index (χ1n) is 6.09. The van der Waals surface area contributed by atoms with E-state index in [2.05, 4.69) is 0 Å². The van der Waals surface area contributed by atoms with E-state index < -0.39 is 5.97 Å². The monoisotopic (exact) mass is 269 g/mol. The highest BCUT2D eigenvalue weighted by atomic mass is 35.5. The summed E-state index contributed by atoms with van der Waals surface area (Å²) in [5, 5.41) is 0.325. The van der Waals surface area contributed by atoms with Gasteiger partial charge in [0, 0.05) is 5.69 Å². The Morgan fingerprint density at radius 1 is 1.22 bits per heavy atom. The van der Waals surface area contributed by atoms with Gasteiger partial charge in [0.1, 0.15) is 6.10 Å². The minimum absolute atomic E-state index is 0.119. The zero-order valence-corrected chi connectivity index (χ0v) is 12.0. The van der Waals surface area contributed by atoms with Crippen LogP contribution in [0, 0.1) is 11.8 Å². The van der Waals surface area contributed by atoms with E-state index in [4.69, 9.17) is 22.1 Å². The molecule has 2 N–H and O–H groups in total. The summed E-state index contributed by atoms with van der Waals surface area (Å²) < 4.78 is 5.52. The Morgan fingerprint density at radius 3 is 2.22 bits per heavy atom. The molecule has 1 aromatic rings. The lowest BCUT2D eigenvalue weighted by molar-refractivity contribution is 0.00326. The van der Waals surface area contributed by atoms with Gasteiger partial charge in [-0.2, -0.15) is 0 Å². The van der Waals surface area contributed by atoms with Crippen molar-refractivity contribution in [1.82, 2.24) is 0 Å². The fourth-order valence-electron chi connectivity index (χ4n) is 1.93. The number of anilines is 1. The lowest BCUT2D eigenvalue weighted by atomic mass is 9.96. The van der Waals surface area contributed by atoms with Crippen LogP contribution in [0.25, 0.3) is 0 Å². The van der Waals surface area contributed by atoms with Crippen LogP contribution in [0.3, 0.4) is 0 Å². The Balaban J connectivity index is 2.87. The molecule has 0 aromatic heterocycles. The maximum Gasteiger partial charge on any atom is 0.339 e. The molecule has 1 rings (SSSR count). The zero-order chi connectivity index (χ0) is 13.9. The second-order valence-electron chi connectivity index (χ2n) is 5.10. The second kappa shape index (κ2) is 6.10. The minimum atomic E-state index is -0.396. The first-order chi connectivity index (χ1) is 8.32. The van der Waals surface area contributed by atoms with E-state index in [9.17, 15) is 4.79 Å². The molecule has 0 aliphatic heterocycles. The summed E-state index contributed by atoms with van der Waals surface area (Å²) in [6.45, 7) is 8.12. The average Bonchev–Trinajstić information content (AvgIpc) is 2.24. The van der Waals surface area contributed by atoms with Crippen molar-refractivity contribution in [3.63, 3.8) is 0 Å². The molecule has 0 aliphatic rings. The maximum absolute atomic E-state index is 12.0. The van der Waals surface area contributed by atoms with Gasteiger partial charge in [0.15, 0.2) is 0 Å². The van der Waals surface area contributed by atoms with Crippen molar-refractivity contribution >= 4 is 23.3 Å². The SMILES string of the molecule is CC(C)C(OC(=O)c1ccc(N)cc1Cl)C(C)C. The number of hydrogen-bond donors (Lipinski definition) is 1. The molecule has 1 aromatic carbocycles. The summed E-state index contributed by atoms with van der Waals surface area (Å²) >= 11 is 5.99. The molecular weight excluding hydrogens is 250 g/mol. The largest absolute Gasteiger partial charge is 0.458 e. The molecule has 0 saturated carbocycles. The van der Waals surface area contributed by atoms with Gasteiger partial charge < -0.3 is 10.5 Å². The molecule has 18 heavy (non-hydrogen) atoms. The predicted octanol–water partition coefficient (Wildman–Crippen LogP) is 3.76. The van der Waals surface area contributed by atoms with Crippen molar-refractivity contribution in [1.29, 1.82) is 0 Å². The minimum Gasteiger partial charge on any atom is -0.458 e. The van der Waals surface area contributed by atoms with Crippen molar-refractivity contribution in [2.45, 2.75) is 33.8 Å². The van der Waals surface area contributed by atoms with Crippen LogP contribution in [-0.4, -0.2) is 12.1 Å². The van der Waals surface area contributed by atoms with Gasteiger partial charge in [0.25, 0.3) is 0 Å². The van der Waals surface area contributed by atoms with Crippen LogP contribution in [0.15, 0.2) is 18.2 Å². The zero-order valence-electron chi connectivity index (χ0n) is 11.2. The van der Waals surface area contributed by atoms with Gasteiger partial charge in [0.2, 0.25) is 0 Å². The molecule has 0 atom stereocenters. The number of esters is 1. The van der Waals surface area contributed by atoms with Gasteiger partial charge in [-0.1, -0.05) is 39.3 Å². The molecule has 0 heterocycles. The average molecular weight is 270 g/mol. The molecule has 0 aliphatic carbocycles. The maximum atomic E-state index is 12.0. The number of rotatable bonds is 4. The Kier molecular flexibility index (Phi) is 5.03. The third-order valence-corrected chi connectivity index (χ3v) is 3.08. The Labute approximate surface area is 113 Å². The molecule has 3 nitrogen and oxygen atoms in total. The third kappa shape index (κ3) is 3.64. The van der Waals surface area contributed by atoms with E-state index in [-0.39, 0.29) is 17.9 Å². The number of hydrogen-bond acceptors (Lipinski definition) is 3. The number of halogens is 1. The highest BCUT2D eigenvalue weighted by Crippen LogP contribution is 2.23. The van der Waals surface area contributed by atoms with Gasteiger partial charge in [-0.25, -0.2) is 4.79 Å². The topological polar surface area (TPSA) is 52.3 Å². The molecule has 0 spiro atoms. The highest BCUT2D eigenvalue weighted by Gasteiger charge is 2.23. The first-order valence-corrected chi connectivity index (χ1v) is 6.46. The number of benzene rings is 1. The Morgan fingerprint density at radius 2 is 1.78 bits per heavy atom.